The largest absolute Gasteiger partial charge is 0.348 e. The minimum Gasteiger partial charge on any atom is -0.348 e. The summed E-state index contributed by atoms with van der Waals surface area (Å²) in [6.45, 7) is 22.0. The van der Waals surface area contributed by atoms with E-state index >= 15 is 0 Å². The molecule has 1 unspecified atom stereocenters. The highest BCUT2D eigenvalue weighted by Gasteiger charge is 2.24. The van der Waals surface area contributed by atoms with Gasteiger partial charge in [0.05, 0.1) is 0 Å². The van der Waals surface area contributed by atoms with Crippen molar-refractivity contribution in [1.29, 1.82) is 0 Å². The lowest BCUT2D eigenvalue weighted by atomic mass is 9.99. The van der Waals surface area contributed by atoms with Gasteiger partial charge in [-0.25, -0.2) is 14.2 Å². The third-order valence-corrected chi connectivity index (χ3v) is 9.18. The molecule has 6 rings (SSSR count). The van der Waals surface area contributed by atoms with Crippen LogP contribution in [0.4, 0.5) is 17.3 Å². The molecular formula is C40H58N10O2. The number of aryl methyl sites for hydroxylation is 7. The second kappa shape index (κ2) is 17.7. The molecule has 1 atom stereocenters. The molecule has 0 bridgehead atoms. The van der Waals surface area contributed by atoms with Crippen molar-refractivity contribution in [2.45, 2.75) is 114 Å². The van der Waals surface area contributed by atoms with E-state index in [9.17, 15) is 9.59 Å². The summed E-state index contributed by atoms with van der Waals surface area (Å²) in [5, 5.41) is 18.1. The number of hydrogen-bond donors (Lipinski definition) is 3. The summed E-state index contributed by atoms with van der Waals surface area (Å²) in [6.07, 6.45) is 3.15. The first-order valence-corrected chi connectivity index (χ1v) is 18.2. The summed E-state index contributed by atoms with van der Waals surface area (Å²) in [7, 11) is 0. The van der Waals surface area contributed by atoms with Crippen molar-refractivity contribution in [3.8, 4) is 0 Å². The fourth-order valence-corrected chi connectivity index (χ4v) is 6.12. The number of fused-ring (bicyclic) bond motifs is 2. The maximum absolute atomic E-state index is 12.3. The summed E-state index contributed by atoms with van der Waals surface area (Å²) in [6, 6.07) is 14.1. The van der Waals surface area contributed by atoms with Crippen LogP contribution in [0.5, 0.6) is 0 Å². The van der Waals surface area contributed by atoms with Crippen LogP contribution in [-0.2, 0) is 22.4 Å². The Bertz CT molecular complexity index is 2070. The van der Waals surface area contributed by atoms with Gasteiger partial charge >= 0.3 is 0 Å². The third kappa shape index (κ3) is 9.68. The van der Waals surface area contributed by atoms with Crippen molar-refractivity contribution in [3.63, 3.8) is 0 Å². The Morgan fingerprint density at radius 3 is 2.06 bits per heavy atom. The number of allylic oxidation sites excluding steroid dienone is 1. The molecule has 280 valence electrons. The molecule has 2 aromatic carbocycles. The molecule has 1 aliphatic rings. The van der Waals surface area contributed by atoms with Crippen molar-refractivity contribution >= 4 is 40.6 Å². The number of carbonyl (C=O) groups is 2. The summed E-state index contributed by atoms with van der Waals surface area (Å²) < 4.78 is 3.57. The Morgan fingerprint density at radius 2 is 1.40 bits per heavy atom. The molecule has 0 saturated heterocycles. The molecule has 12 nitrogen and oxygen atoms in total. The lowest BCUT2D eigenvalue weighted by molar-refractivity contribution is -0.117. The van der Waals surface area contributed by atoms with E-state index in [4.69, 9.17) is 0 Å². The molecule has 1 aliphatic heterocycles. The molecule has 2 amide bonds. The molecule has 52 heavy (non-hydrogen) atoms. The van der Waals surface area contributed by atoms with E-state index in [1.165, 1.54) is 22.3 Å². The zero-order valence-corrected chi connectivity index (χ0v) is 32.6. The van der Waals surface area contributed by atoms with E-state index in [0.717, 1.165) is 52.2 Å². The van der Waals surface area contributed by atoms with Crippen LogP contribution in [0.2, 0.25) is 0 Å². The Kier molecular flexibility index (Phi) is 13.4. The maximum Gasteiger partial charge on any atom is 0.252 e. The van der Waals surface area contributed by atoms with Gasteiger partial charge in [-0.3, -0.25) is 9.59 Å². The van der Waals surface area contributed by atoms with Gasteiger partial charge in [0, 0.05) is 50.2 Å². The van der Waals surface area contributed by atoms with Crippen LogP contribution in [0, 0.1) is 41.5 Å². The minimum absolute atomic E-state index is 0. The number of nitrogens with zero attached hydrogens (tertiary/aromatic N) is 7. The second-order valence-electron chi connectivity index (χ2n) is 12.9. The van der Waals surface area contributed by atoms with Crippen LogP contribution in [0.1, 0.15) is 102 Å². The van der Waals surface area contributed by atoms with Gasteiger partial charge in [-0.1, -0.05) is 39.0 Å². The average molecular weight is 711 g/mol. The van der Waals surface area contributed by atoms with E-state index in [1.807, 2.05) is 103 Å². The van der Waals surface area contributed by atoms with Crippen LogP contribution in [0.25, 0.3) is 11.5 Å². The highest BCUT2D eigenvalue weighted by atomic mass is 16.2. The van der Waals surface area contributed by atoms with Gasteiger partial charge < -0.3 is 16.0 Å². The van der Waals surface area contributed by atoms with Crippen molar-refractivity contribution in [1.82, 2.24) is 34.3 Å². The summed E-state index contributed by atoms with van der Waals surface area (Å²) in [5.74, 6) is 2.83. The molecule has 0 aliphatic carbocycles. The molecule has 3 N–H and O–H groups in total. The van der Waals surface area contributed by atoms with Crippen LogP contribution >= 0.6 is 0 Å². The molecule has 0 spiro atoms. The Hall–Kier alpha value is -5.39. The Balaban J connectivity index is 0.000000345. The van der Waals surface area contributed by atoms with Crippen molar-refractivity contribution in [3.05, 3.63) is 93.3 Å². The number of hydrogen-bond acceptors (Lipinski definition) is 8. The molecule has 12 heteroatoms. The molecule has 0 fully saturated rings. The molecule has 4 heterocycles. The average Bonchev–Trinajstić information content (AvgIpc) is 3.68. The Morgan fingerprint density at radius 1 is 0.788 bits per heavy atom. The van der Waals surface area contributed by atoms with Gasteiger partial charge in [0.2, 0.25) is 17.8 Å². The van der Waals surface area contributed by atoms with E-state index in [2.05, 4.69) is 61.9 Å². The van der Waals surface area contributed by atoms with Gasteiger partial charge in [-0.05, 0) is 127 Å². The number of aromatic nitrogens is 7. The lowest BCUT2D eigenvalue weighted by Crippen LogP contribution is -2.28. The van der Waals surface area contributed by atoms with Crippen LogP contribution in [0.15, 0.2) is 48.0 Å². The summed E-state index contributed by atoms with van der Waals surface area (Å²) >= 11 is 0. The smallest absolute Gasteiger partial charge is 0.252 e. The van der Waals surface area contributed by atoms with Gasteiger partial charge in [0.25, 0.3) is 5.78 Å². The standard InChI is InChI=1S/C19H23N5O.C19H25N5O.C2H6.2H2/c1-11-6-7-16(10-12(11)2)22-18(25)9-8-17-13(3)20-19-21-15(5)23-24(19)14(17)4;1-5-15-6-8-16(9-7-15)22-18(25)11-10-17-12(2)20-19-21-14(4)23-24(19)13(17)3;1-2;;/h6-7,10H,8-9H2,1-5H3,(H,22,25);6-9,12H,5,10-11H2,1-4H3,(H,22,25)(H,20,21,23);1-2H3;2*1H. The third-order valence-electron chi connectivity index (χ3n) is 9.18. The summed E-state index contributed by atoms with van der Waals surface area (Å²) in [4.78, 5) is 37.8. The van der Waals surface area contributed by atoms with Crippen molar-refractivity contribution in [2.75, 3.05) is 16.0 Å². The van der Waals surface area contributed by atoms with Crippen LogP contribution in [0.3, 0.4) is 0 Å². The zero-order valence-electron chi connectivity index (χ0n) is 32.6. The minimum atomic E-state index is -0.00285. The zero-order chi connectivity index (χ0) is 38.1. The van der Waals surface area contributed by atoms with Crippen LogP contribution in [-0.4, -0.2) is 52.2 Å². The normalized spacial score (nSPS) is 13.3. The van der Waals surface area contributed by atoms with E-state index in [-0.39, 0.29) is 20.7 Å². The number of rotatable bonds is 9. The van der Waals surface area contributed by atoms with E-state index in [0.29, 0.717) is 37.3 Å². The quantitative estimate of drug-likeness (QED) is 0.138. The number of nitrogens with one attached hydrogen (secondary N) is 3. The fourth-order valence-electron chi connectivity index (χ4n) is 6.12. The first kappa shape index (κ1) is 39.4. The highest BCUT2D eigenvalue weighted by Crippen LogP contribution is 2.28. The topological polar surface area (TPSA) is 144 Å². The predicted molar refractivity (Wildman–Crippen MR) is 214 cm³/mol. The number of anilines is 3. The molecular weight excluding hydrogens is 653 g/mol. The van der Waals surface area contributed by atoms with Crippen molar-refractivity contribution in [2.24, 2.45) is 0 Å². The Labute approximate surface area is 310 Å². The van der Waals surface area contributed by atoms with E-state index < -0.39 is 0 Å². The highest BCUT2D eigenvalue weighted by molar-refractivity contribution is 5.91. The van der Waals surface area contributed by atoms with Gasteiger partial charge in [0.1, 0.15) is 11.6 Å². The van der Waals surface area contributed by atoms with Crippen LogP contribution < -0.4 is 16.0 Å². The number of amides is 2. The van der Waals surface area contributed by atoms with E-state index in [1.54, 1.807) is 4.52 Å². The fraction of sp³-hybridized carbons (Fsp3) is 0.425. The summed E-state index contributed by atoms with van der Waals surface area (Å²) in [5.41, 5.74) is 10.5. The number of carbonyl (C=O) groups excluding carboxylic acids is 2. The monoisotopic (exact) mass is 710 g/mol. The maximum atomic E-state index is 12.3. The first-order valence-electron chi connectivity index (χ1n) is 18.2. The molecule has 0 radical (unpaired) electrons. The van der Waals surface area contributed by atoms with Crippen molar-refractivity contribution < 1.29 is 12.4 Å². The molecule has 3 aromatic heterocycles. The van der Waals surface area contributed by atoms with Gasteiger partial charge in [-0.15, -0.1) is 0 Å². The second-order valence-corrected chi connectivity index (χ2v) is 12.9. The van der Waals surface area contributed by atoms with Gasteiger partial charge in [0.15, 0.2) is 0 Å². The first-order chi connectivity index (χ1) is 24.8. The SMILES string of the molecule is CC.CCc1ccc(NC(=O)CCC2=C(C)n3nc(C)nc3NC2C)cc1.Cc1nc2nc(C)c(CCC(=O)Nc3ccc(C)c(C)c3)c(C)n2n1.[HH].[HH]. The molecule has 5 aromatic rings. The predicted octanol–water partition coefficient (Wildman–Crippen LogP) is 8.37. The van der Waals surface area contributed by atoms with Gasteiger partial charge in [-0.2, -0.15) is 20.2 Å². The molecule has 0 saturated carbocycles. The number of benzene rings is 2. The lowest BCUT2D eigenvalue weighted by Gasteiger charge is -2.26.